The molecule has 3 nitrogen and oxygen atoms in total. The van der Waals surface area contributed by atoms with Crippen LogP contribution >= 0.6 is 11.3 Å². The number of hydrogen-bond donors (Lipinski definition) is 2. The molecule has 0 fully saturated rings. The molecule has 0 aliphatic heterocycles. The molecule has 0 aliphatic rings. The molecule has 1 rings (SSSR count). The van der Waals surface area contributed by atoms with Crippen LogP contribution in [-0.2, 0) is 11.2 Å². The fourth-order valence-corrected chi connectivity index (χ4v) is 1.80. The number of nitrogens with one attached hydrogen (secondary N) is 1. The lowest BCUT2D eigenvalue weighted by Gasteiger charge is -1.95. The van der Waals surface area contributed by atoms with Crippen molar-refractivity contribution in [2.24, 2.45) is 0 Å². The van der Waals surface area contributed by atoms with Crippen molar-refractivity contribution in [2.45, 2.75) is 19.8 Å². The average molecular weight is 185 g/mol. The monoisotopic (exact) mass is 185 g/mol. The number of thiophene rings is 1. The van der Waals surface area contributed by atoms with Gasteiger partial charge in [-0.15, -0.1) is 11.3 Å². The second kappa shape index (κ2) is 4.23. The van der Waals surface area contributed by atoms with Gasteiger partial charge in [0.25, 0.3) is 0 Å². The van der Waals surface area contributed by atoms with Crippen LogP contribution in [0.25, 0.3) is 0 Å². The van der Waals surface area contributed by atoms with E-state index in [4.69, 9.17) is 5.21 Å². The molecule has 0 spiro atoms. The van der Waals surface area contributed by atoms with E-state index in [9.17, 15) is 4.79 Å². The van der Waals surface area contributed by atoms with Gasteiger partial charge < -0.3 is 0 Å². The van der Waals surface area contributed by atoms with E-state index in [2.05, 4.69) is 0 Å². The second-order valence-corrected chi connectivity index (χ2v) is 3.92. The van der Waals surface area contributed by atoms with Crippen molar-refractivity contribution < 1.29 is 10.0 Å². The molecule has 66 valence electrons. The van der Waals surface area contributed by atoms with E-state index < -0.39 is 0 Å². The maximum Gasteiger partial charge on any atom is 0.243 e. The lowest BCUT2D eigenvalue weighted by Crippen LogP contribution is -2.18. The van der Waals surface area contributed by atoms with E-state index in [1.165, 1.54) is 9.75 Å². The highest BCUT2D eigenvalue weighted by Gasteiger charge is 2.01. The molecular formula is C8H11NO2S. The Labute approximate surface area is 75.0 Å². The third-order valence-electron chi connectivity index (χ3n) is 1.52. The lowest BCUT2D eigenvalue weighted by atomic mass is 10.2. The molecule has 0 unspecified atom stereocenters. The summed E-state index contributed by atoms with van der Waals surface area (Å²) in [6, 6.07) is 4.03. The first-order valence-electron chi connectivity index (χ1n) is 3.70. The van der Waals surface area contributed by atoms with E-state index in [1.54, 1.807) is 16.8 Å². The Morgan fingerprint density at radius 2 is 2.42 bits per heavy atom. The van der Waals surface area contributed by atoms with Gasteiger partial charge >= 0.3 is 0 Å². The Balaban J connectivity index is 2.38. The van der Waals surface area contributed by atoms with Gasteiger partial charge in [-0.2, -0.15) is 0 Å². The molecular weight excluding hydrogens is 174 g/mol. The summed E-state index contributed by atoms with van der Waals surface area (Å²) in [5.74, 6) is -0.332. The van der Waals surface area contributed by atoms with Crippen molar-refractivity contribution in [3.8, 4) is 0 Å². The van der Waals surface area contributed by atoms with Crippen LogP contribution in [0.3, 0.4) is 0 Å². The van der Waals surface area contributed by atoms with Crippen LogP contribution in [0, 0.1) is 6.92 Å². The van der Waals surface area contributed by atoms with Crippen molar-refractivity contribution in [3.05, 3.63) is 21.9 Å². The van der Waals surface area contributed by atoms with Crippen LogP contribution < -0.4 is 5.48 Å². The summed E-state index contributed by atoms with van der Waals surface area (Å²) in [5.41, 5.74) is 1.61. The smallest absolute Gasteiger partial charge is 0.243 e. The first-order chi connectivity index (χ1) is 5.72. The van der Waals surface area contributed by atoms with Gasteiger partial charge in [-0.3, -0.25) is 10.0 Å². The van der Waals surface area contributed by atoms with Crippen molar-refractivity contribution in [3.63, 3.8) is 0 Å². The predicted octanol–water partition coefficient (Wildman–Crippen LogP) is 1.49. The van der Waals surface area contributed by atoms with E-state index >= 15 is 0 Å². The molecule has 0 radical (unpaired) electrons. The topological polar surface area (TPSA) is 49.3 Å². The van der Waals surface area contributed by atoms with Crippen LogP contribution in [0.15, 0.2) is 12.1 Å². The Bertz CT molecular complexity index is 270. The fourth-order valence-electron chi connectivity index (χ4n) is 0.912. The highest BCUT2D eigenvalue weighted by atomic mass is 32.1. The van der Waals surface area contributed by atoms with Crippen molar-refractivity contribution in [1.82, 2.24) is 5.48 Å². The Morgan fingerprint density at radius 3 is 2.92 bits per heavy atom. The SMILES string of the molecule is Cc1ccc(CCC(=O)NO)s1. The first kappa shape index (κ1) is 9.22. The normalized spacial score (nSPS) is 9.83. The number of carbonyl (C=O) groups is 1. The number of aryl methyl sites for hydroxylation is 2. The van der Waals surface area contributed by atoms with Crippen LogP contribution in [0.1, 0.15) is 16.2 Å². The Kier molecular flexibility index (Phi) is 3.25. The number of carbonyl (C=O) groups excluding carboxylic acids is 1. The molecule has 0 saturated carbocycles. The summed E-state index contributed by atoms with van der Waals surface area (Å²) in [7, 11) is 0. The minimum absolute atomic E-state index is 0.332. The molecule has 1 amide bonds. The largest absolute Gasteiger partial charge is 0.289 e. The number of hydroxylamine groups is 1. The van der Waals surface area contributed by atoms with E-state index in [0.717, 1.165) is 0 Å². The molecule has 1 heterocycles. The Hall–Kier alpha value is -0.870. The van der Waals surface area contributed by atoms with Gasteiger partial charge in [0.15, 0.2) is 0 Å². The third-order valence-corrected chi connectivity index (χ3v) is 2.58. The first-order valence-corrected chi connectivity index (χ1v) is 4.52. The zero-order valence-electron chi connectivity index (χ0n) is 6.83. The molecule has 0 aliphatic carbocycles. The molecule has 0 aromatic carbocycles. The molecule has 12 heavy (non-hydrogen) atoms. The highest BCUT2D eigenvalue weighted by Crippen LogP contribution is 2.16. The quantitative estimate of drug-likeness (QED) is 0.553. The summed E-state index contributed by atoms with van der Waals surface area (Å²) in [6.07, 6.45) is 1.04. The van der Waals surface area contributed by atoms with Crippen LogP contribution in [-0.4, -0.2) is 11.1 Å². The maximum atomic E-state index is 10.6. The summed E-state index contributed by atoms with van der Waals surface area (Å²) >= 11 is 1.68. The predicted molar refractivity (Wildman–Crippen MR) is 47.3 cm³/mol. The minimum Gasteiger partial charge on any atom is -0.289 e. The summed E-state index contributed by atoms with van der Waals surface area (Å²) in [5, 5.41) is 8.22. The summed E-state index contributed by atoms with van der Waals surface area (Å²) < 4.78 is 0. The van der Waals surface area contributed by atoms with Crippen LogP contribution in [0.2, 0.25) is 0 Å². The van der Waals surface area contributed by atoms with Crippen LogP contribution in [0.5, 0.6) is 0 Å². The molecule has 1 aromatic heterocycles. The van der Waals surface area contributed by atoms with Gasteiger partial charge in [0.2, 0.25) is 5.91 Å². The number of amides is 1. The van der Waals surface area contributed by atoms with E-state index in [1.807, 2.05) is 19.1 Å². The van der Waals surface area contributed by atoms with Gasteiger partial charge in [0, 0.05) is 16.2 Å². The van der Waals surface area contributed by atoms with Gasteiger partial charge in [-0.05, 0) is 25.5 Å². The van der Waals surface area contributed by atoms with Gasteiger partial charge in [-0.25, -0.2) is 5.48 Å². The fraction of sp³-hybridized carbons (Fsp3) is 0.375. The number of hydrogen-bond acceptors (Lipinski definition) is 3. The summed E-state index contributed by atoms with van der Waals surface area (Å²) in [6.45, 7) is 2.03. The van der Waals surface area contributed by atoms with Crippen molar-refractivity contribution in [1.29, 1.82) is 0 Å². The van der Waals surface area contributed by atoms with Crippen molar-refractivity contribution in [2.75, 3.05) is 0 Å². The standard InChI is InChI=1S/C8H11NO2S/c1-6-2-3-7(12-6)4-5-8(10)9-11/h2-3,11H,4-5H2,1H3,(H,9,10). The maximum absolute atomic E-state index is 10.6. The second-order valence-electron chi connectivity index (χ2n) is 2.55. The third kappa shape index (κ3) is 2.64. The molecule has 0 atom stereocenters. The van der Waals surface area contributed by atoms with Gasteiger partial charge in [0.05, 0.1) is 0 Å². The van der Waals surface area contributed by atoms with Gasteiger partial charge in [0.1, 0.15) is 0 Å². The molecule has 4 heteroatoms. The highest BCUT2D eigenvalue weighted by molar-refractivity contribution is 7.11. The van der Waals surface area contributed by atoms with Gasteiger partial charge in [-0.1, -0.05) is 0 Å². The number of rotatable bonds is 3. The zero-order valence-corrected chi connectivity index (χ0v) is 7.65. The lowest BCUT2D eigenvalue weighted by molar-refractivity contribution is -0.129. The van der Waals surface area contributed by atoms with Crippen molar-refractivity contribution >= 4 is 17.2 Å². The van der Waals surface area contributed by atoms with Crippen LogP contribution in [0.4, 0.5) is 0 Å². The minimum atomic E-state index is -0.332. The molecule has 0 bridgehead atoms. The molecule has 0 saturated heterocycles. The van der Waals surface area contributed by atoms with E-state index in [0.29, 0.717) is 12.8 Å². The van der Waals surface area contributed by atoms with E-state index in [-0.39, 0.29) is 5.91 Å². The average Bonchev–Trinajstić information content (AvgIpc) is 2.47. The summed E-state index contributed by atoms with van der Waals surface area (Å²) in [4.78, 5) is 13.1. The molecule has 2 N–H and O–H groups in total. The Morgan fingerprint density at radius 1 is 1.67 bits per heavy atom. The molecule has 1 aromatic rings. The zero-order chi connectivity index (χ0) is 8.97.